The number of anilines is 1. The third kappa shape index (κ3) is 4.47. The maximum Gasteiger partial charge on any atom is 0.251 e. The fourth-order valence-corrected chi connectivity index (χ4v) is 7.16. The first kappa shape index (κ1) is 22.2. The highest BCUT2D eigenvalue weighted by Gasteiger charge is 2.45. The fraction of sp³-hybridized carbons (Fsp3) is 0.619. The summed E-state index contributed by atoms with van der Waals surface area (Å²) in [4.78, 5) is 24.2. The Morgan fingerprint density at radius 1 is 1.23 bits per heavy atom. The zero-order chi connectivity index (χ0) is 22.3. The molecule has 1 saturated heterocycles. The third-order valence-corrected chi connectivity index (χ3v) is 9.07. The number of carbonyl (C=O) groups is 2. The number of fused-ring (bicyclic) bond motifs is 1. The summed E-state index contributed by atoms with van der Waals surface area (Å²) in [5.41, 5.74) is 7.72. The lowest BCUT2D eigenvalue weighted by molar-refractivity contribution is -0.115. The number of amides is 2. The van der Waals surface area contributed by atoms with E-state index in [9.17, 15) is 18.0 Å². The lowest BCUT2D eigenvalue weighted by Crippen LogP contribution is -2.56. The summed E-state index contributed by atoms with van der Waals surface area (Å²) in [5.74, 6) is -0.473. The highest BCUT2D eigenvalue weighted by atomic mass is 32.2. The molecule has 4 rings (SSSR count). The molecule has 1 aromatic carbocycles. The number of piperidine rings is 1. The highest BCUT2D eigenvalue weighted by molar-refractivity contribution is 7.89. The van der Waals surface area contributed by atoms with Crippen molar-refractivity contribution in [2.75, 3.05) is 5.32 Å². The van der Waals surface area contributed by atoms with Gasteiger partial charge in [0.15, 0.2) is 6.30 Å². The van der Waals surface area contributed by atoms with Crippen LogP contribution < -0.4 is 16.4 Å². The first-order chi connectivity index (χ1) is 14.6. The molecule has 170 valence electrons. The minimum atomic E-state index is -3.77. The van der Waals surface area contributed by atoms with Crippen LogP contribution in [0.15, 0.2) is 18.2 Å². The molecule has 0 aromatic heterocycles. The third-order valence-electron chi connectivity index (χ3n) is 6.58. The Bertz CT molecular complexity index is 966. The second-order valence-electron chi connectivity index (χ2n) is 8.93. The van der Waals surface area contributed by atoms with Crippen LogP contribution in [0.3, 0.4) is 0 Å². The summed E-state index contributed by atoms with van der Waals surface area (Å²) in [6.45, 7) is 1.68. The smallest absolute Gasteiger partial charge is 0.251 e. The molecular weight excluding hydrogens is 423 g/mol. The molecule has 0 unspecified atom stereocenters. The van der Waals surface area contributed by atoms with Crippen LogP contribution >= 0.6 is 0 Å². The van der Waals surface area contributed by atoms with Crippen molar-refractivity contribution in [3.63, 3.8) is 0 Å². The number of nitrogens with one attached hydrogen (secondary N) is 2. The standard InChI is InChI=1S/C21H29FN4O4S/c1-12-8-16(24-21(28)13-2-7-18-14(9-13)10-20(27)25-18)11-19(22)26(12)31(29,30)17-5-3-15(23)4-6-17/h2,7,9,12,15-17,19H,3-6,8,10-11,23H2,1H3,(H,24,28)(H,25,27)/t12-,15-,16+,17+,19-/m0/s1. The van der Waals surface area contributed by atoms with E-state index in [0.717, 1.165) is 9.87 Å². The normalized spacial score (nSPS) is 31.7. The Morgan fingerprint density at radius 3 is 2.61 bits per heavy atom. The van der Waals surface area contributed by atoms with Crippen LogP contribution in [0.1, 0.15) is 61.4 Å². The minimum Gasteiger partial charge on any atom is -0.349 e. The molecule has 2 amide bonds. The number of halogens is 1. The molecule has 3 atom stereocenters. The van der Waals surface area contributed by atoms with Gasteiger partial charge < -0.3 is 16.4 Å². The number of sulfonamides is 1. The van der Waals surface area contributed by atoms with Gasteiger partial charge in [-0.25, -0.2) is 12.8 Å². The molecule has 0 bridgehead atoms. The van der Waals surface area contributed by atoms with Gasteiger partial charge in [-0.05, 0) is 62.8 Å². The summed E-state index contributed by atoms with van der Waals surface area (Å²) in [6.07, 6.45) is 0.950. The minimum absolute atomic E-state index is 0.0131. The molecule has 1 aromatic rings. The largest absolute Gasteiger partial charge is 0.349 e. The Labute approximate surface area is 181 Å². The molecule has 4 N–H and O–H groups in total. The Morgan fingerprint density at radius 2 is 1.94 bits per heavy atom. The topological polar surface area (TPSA) is 122 Å². The molecule has 0 spiro atoms. The van der Waals surface area contributed by atoms with E-state index in [-0.39, 0.29) is 30.7 Å². The van der Waals surface area contributed by atoms with Crippen molar-refractivity contribution < 1.29 is 22.4 Å². The summed E-state index contributed by atoms with van der Waals surface area (Å²) < 4.78 is 42.2. The van der Waals surface area contributed by atoms with E-state index in [1.807, 2.05) is 0 Å². The molecule has 0 radical (unpaired) electrons. The molecule has 1 aliphatic carbocycles. The molecular formula is C21H29FN4O4S. The van der Waals surface area contributed by atoms with Crippen LogP contribution in [0.2, 0.25) is 0 Å². The second kappa shape index (κ2) is 8.48. The Kier molecular flexibility index (Phi) is 6.06. The van der Waals surface area contributed by atoms with Crippen LogP contribution in [-0.4, -0.2) is 54.2 Å². The van der Waals surface area contributed by atoms with Crippen molar-refractivity contribution in [1.82, 2.24) is 9.62 Å². The first-order valence-corrected chi connectivity index (χ1v) is 12.3. The van der Waals surface area contributed by atoms with E-state index in [4.69, 9.17) is 5.73 Å². The van der Waals surface area contributed by atoms with Gasteiger partial charge in [0.2, 0.25) is 15.9 Å². The molecule has 31 heavy (non-hydrogen) atoms. The van der Waals surface area contributed by atoms with E-state index in [1.165, 1.54) is 0 Å². The monoisotopic (exact) mass is 452 g/mol. The van der Waals surface area contributed by atoms with Crippen LogP contribution in [0.5, 0.6) is 0 Å². The van der Waals surface area contributed by atoms with Gasteiger partial charge >= 0.3 is 0 Å². The van der Waals surface area contributed by atoms with Crippen LogP contribution in [0.4, 0.5) is 10.1 Å². The number of hydrogen-bond donors (Lipinski definition) is 3. The summed E-state index contributed by atoms with van der Waals surface area (Å²) in [7, 11) is -3.77. The van der Waals surface area contributed by atoms with Gasteiger partial charge in [-0.3, -0.25) is 9.59 Å². The van der Waals surface area contributed by atoms with Crippen molar-refractivity contribution in [2.45, 2.75) is 81.5 Å². The van der Waals surface area contributed by atoms with Gasteiger partial charge in [0.25, 0.3) is 5.91 Å². The molecule has 2 aliphatic heterocycles. The lowest BCUT2D eigenvalue weighted by atomic mass is 9.96. The van der Waals surface area contributed by atoms with E-state index < -0.39 is 33.7 Å². The van der Waals surface area contributed by atoms with E-state index >= 15 is 4.39 Å². The van der Waals surface area contributed by atoms with Gasteiger partial charge in [-0.2, -0.15) is 4.31 Å². The van der Waals surface area contributed by atoms with Crippen LogP contribution in [-0.2, 0) is 21.2 Å². The number of alkyl halides is 1. The van der Waals surface area contributed by atoms with Crippen molar-refractivity contribution in [3.05, 3.63) is 29.3 Å². The molecule has 2 heterocycles. The number of nitrogens with two attached hydrogens (primary N) is 1. The summed E-state index contributed by atoms with van der Waals surface area (Å²) in [6, 6.07) is 3.93. The van der Waals surface area contributed by atoms with Gasteiger partial charge in [0, 0.05) is 35.8 Å². The zero-order valence-electron chi connectivity index (χ0n) is 17.5. The average molecular weight is 453 g/mol. The quantitative estimate of drug-likeness (QED) is 0.600. The van der Waals surface area contributed by atoms with E-state index in [0.29, 0.717) is 43.4 Å². The van der Waals surface area contributed by atoms with Gasteiger partial charge in [0.05, 0.1) is 11.7 Å². The van der Waals surface area contributed by atoms with Crippen molar-refractivity contribution in [3.8, 4) is 0 Å². The SMILES string of the molecule is C[C@H]1C[C@@H](NC(=O)c2ccc3c(c2)CC(=O)N3)C[C@@H](F)N1S(=O)(=O)[C@H]1CC[C@@H](N)CC1. The molecule has 1 saturated carbocycles. The molecule has 8 nitrogen and oxygen atoms in total. The highest BCUT2D eigenvalue weighted by Crippen LogP contribution is 2.33. The van der Waals surface area contributed by atoms with Gasteiger partial charge in [-0.1, -0.05) is 0 Å². The molecule has 2 fully saturated rings. The number of rotatable bonds is 4. The number of hydrogen-bond acceptors (Lipinski definition) is 5. The maximum atomic E-state index is 15.1. The number of benzene rings is 1. The van der Waals surface area contributed by atoms with Crippen LogP contribution in [0.25, 0.3) is 0 Å². The van der Waals surface area contributed by atoms with Gasteiger partial charge in [-0.15, -0.1) is 0 Å². The lowest BCUT2D eigenvalue weighted by Gasteiger charge is -2.41. The predicted octanol–water partition coefficient (Wildman–Crippen LogP) is 1.66. The average Bonchev–Trinajstić information content (AvgIpc) is 3.06. The van der Waals surface area contributed by atoms with E-state index in [2.05, 4.69) is 10.6 Å². The molecule has 3 aliphatic rings. The summed E-state index contributed by atoms with van der Waals surface area (Å²) in [5, 5.41) is 4.95. The second-order valence-corrected chi connectivity index (χ2v) is 11.1. The predicted molar refractivity (Wildman–Crippen MR) is 115 cm³/mol. The fourth-order valence-electron chi connectivity index (χ4n) is 4.95. The number of nitrogens with zero attached hydrogens (tertiary/aromatic N) is 1. The summed E-state index contributed by atoms with van der Waals surface area (Å²) >= 11 is 0. The first-order valence-electron chi connectivity index (χ1n) is 10.8. The van der Waals surface area contributed by atoms with Gasteiger partial charge in [0.1, 0.15) is 0 Å². The van der Waals surface area contributed by atoms with Crippen molar-refractivity contribution in [1.29, 1.82) is 0 Å². The van der Waals surface area contributed by atoms with Crippen molar-refractivity contribution in [2.24, 2.45) is 5.73 Å². The number of carbonyl (C=O) groups excluding carboxylic acids is 2. The molecule has 10 heteroatoms. The Balaban J connectivity index is 1.40. The maximum absolute atomic E-state index is 15.1. The van der Waals surface area contributed by atoms with Crippen molar-refractivity contribution >= 4 is 27.5 Å². The van der Waals surface area contributed by atoms with E-state index in [1.54, 1.807) is 25.1 Å². The van der Waals surface area contributed by atoms with Crippen LogP contribution in [0, 0.1) is 0 Å². The zero-order valence-corrected chi connectivity index (χ0v) is 18.3. The Hall–Kier alpha value is -2.04.